The summed E-state index contributed by atoms with van der Waals surface area (Å²) in [7, 11) is 8.74. The summed E-state index contributed by atoms with van der Waals surface area (Å²) in [6.45, 7) is 0. The average molecular weight is 367 g/mol. The summed E-state index contributed by atoms with van der Waals surface area (Å²) >= 11 is 0. The molecule has 0 saturated heterocycles. The Morgan fingerprint density at radius 3 is 2.04 bits per heavy atom. The van der Waals surface area contributed by atoms with E-state index in [2.05, 4.69) is 4.90 Å². The Balaban J connectivity index is 2.29. The predicted octanol–water partition coefficient (Wildman–Crippen LogP) is 4.22. The summed E-state index contributed by atoms with van der Waals surface area (Å²) in [6, 6.07) is 15.4. The van der Waals surface area contributed by atoms with Gasteiger partial charge in [0.15, 0.2) is 11.5 Å². The second-order valence-electron chi connectivity index (χ2n) is 6.54. The van der Waals surface area contributed by atoms with Gasteiger partial charge in [-0.3, -0.25) is 4.90 Å². The van der Waals surface area contributed by atoms with Crippen molar-refractivity contribution in [1.29, 1.82) is 0 Å². The van der Waals surface area contributed by atoms with E-state index in [9.17, 15) is 5.11 Å². The molecule has 1 atom stereocenters. The monoisotopic (exact) mass is 367 g/mol. The molecule has 0 fully saturated rings. The minimum absolute atomic E-state index is 0.204. The normalized spacial score (nSPS) is 12.2. The molecular weight excluding hydrogens is 342 g/mol. The van der Waals surface area contributed by atoms with E-state index >= 15 is 0 Å². The molecule has 3 rings (SSSR count). The lowest BCUT2D eigenvalue weighted by Crippen LogP contribution is -2.21. The lowest BCUT2D eigenvalue weighted by Gasteiger charge is -2.28. The number of hydrogen-bond acceptors (Lipinski definition) is 5. The molecule has 1 N–H and O–H groups in total. The van der Waals surface area contributed by atoms with Crippen molar-refractivity contribution in [3.05, 3.63) is 59.7 Å². The zero-order chi connectivity index (χ0) is 19.6. The number of nitrogens with zero attached hydrogens (tertiary/aromatic N) is 1. The van der Waals surface area contributed by atoms with Gasteiger partial charge in [0.25, 0.3) is 0 Å². The Bertz CT molecular complexity index is 927. The van der Waals surface area contributed by atoms with Crippen molar-refractivity contribution >= 4 is 10.8 Å². The Morgan fingerprint density at radius 2 is 1.48 bits per heavy atom. The number of aromatic hydroxyl groups is 1. The minimum Gasteiger partial charge on any atom is -0.508 e. The second-order valence-corrected chi connectivity index (χ2v) is 6.54. The second kappa shape index (κ2) is 7.76. The number of benzene rings is 3. The molecule has 0 amide bonds. The zero-order valence-electron chi connectivity index (χ0n) is 16.3. The Hall–Kier alpha value is -2.92. The average Bonchev–Trinajstić information content (AvgIpc) is 2.68. The Labute approximate surface area is 159 Å². The highest BCUT2D eigenvalue weighted by molar-refractivity contribution is 5.88. The molecule has 5 nitrogen and oxygen atoms in total. The fourth-order valence-corrected chi connectivity index (χ4v) is 3.55. The summed E-state index contributed by atoms with van der Waals surface area (Å²) in [5.74, 6) is 1.96. The van der Waals surface area contributed by atoms with Crippen LogP contribution in [0.3, 0.4) is 0 Å². The molecule has 5 heteroatoms. The predicted molar refractivity (Wildman–Crippen MR) is 107 cm³/mol. The molecule has 0 aliphatic heterocycles. The van der Waals surface area contributed by atoms with E-state index < -0.39 is 0 Å². The molecule has 0 heterocycles. The Morgan fingerprint density at radius 1 is 0.852 bits per heavy atom. The number of methoxy groups -OCH3 is 3. The molecule has 3 aromatic rings. The third-order valence-corrected chi connectivity index (χ3v) is 4.74. The van der Waals surface area contributed by atoms with Crippen LogP contribution in [0.1, 0.15) is 17.2 Å². The number of phenolic OH excluding ortho intramolecular Hbond substituents is 1. The van der Waals surface area contributed by atoms with E-state index in [-0.39, 0.29) is 11.8 Å². The Kier molecular flexibility index (Phi) is 5.42. The van der Waals surface area contributed by atoms with Gasteiger partial charge in [-0.25, -0.2) is 0 Å². The van der Waals surface area contributed by atoms with E-state index in [4.69, 9.17) is 14.2 Å². The highest BCUT2D eigenvalue weighted by atomic mass is 16.5. The number of phenols is 1. The maximum Gasteiger partial charge on any atom is 0.203 e. The van der Waals surface area contributed by atoms with Crippen LogP contribution in [0.5, 0.6) is 23.0 Å². The first kappa shape index (κ1) is 18.9. The van der Waals surface area contributed by atoms with Crippen LogP contribution < -0.4 is 14.2 Å². The van der Waals surface area contributed by atoms with Gasteiger partial charge in [-0.05, 0) is 48.6 Å². The van der Waals surface area contributed by atoms with E-state index in [0.29, 0.717) is 17.2 Å². The summed E-state index contributed by atoms with van der Waals surface area (Å²) < 4.78 is 16.5. The first-order valence-corrected chi connectivity index (χ1v) is 8.68. The quantitative estimate of drug-likeness (QED) is 0.707. The van der Waals surface area contributed by atoms with Crippen LogP contribution >= 0.6 is 0 Å². The highest BCUT2D eigenvalue weighted by Crippen LogP contribution is 2.44. The lowest BCUT2D eigenvalue weighted by atomic mass is 9.91. The first-order valence-electron chi connectivity index (χ1n) is 8.68. The largest absolute Gasteiger partial charge is 0.508 e. The molecule has 0 aliphatic carbocycles. The zero-order valence-corrected chi connectivity index (χ0v) is 16.3. The van der Waals surface area contributed by atoms with Crippen LogP contribution in [0, 0.1) is 0 Å². The molecular formula is C22H25NO4. The van der Waals surface area contributed by atoms with E-state index in [1.165, 1.54) is 0 Å². The topological polar surface area (TPSA) is 51.2 Å². The van der Waals surface area contributed by atoms with E-state index in [1.807, 2.05) is 56.6 Å². The van der Waals surface area contributed by atoms with Crippen molar-refractivity contribution in [3.63, 3.8) is 0 Å². The van der Waals surface area contributed by atoms with Crippen LogP contribution in [0.4, 0.5) is 0 Å². The molecule has 142 valence electrons. The number of rotatable bonds is 6. The maximum absolute atomic E-state index is 10.7. The van der Waals surface area contributed by atoms with Crippen molar-refractivity contribution in [3.8, 4) is 23.0 Å². The van der Waals surface area contributed by atoms with Crippen molar-refractivity contribution in [1.82, 2.24) is 4.90 Å². The molecule has 27 heavy (non-hydrogen) atoms. The number of ether oxygens (including phenoxy) is 3. The van der Waals surface area contributed by atoms with Crippen LogP contribution in [0.15, 0.2) is 48.5 Å². The maximum atomic E-state index is 10.7. The summed E-state index contributed by atoms with van der Waals surface area (Å²) in [5.41, 5.74) is 1.77. The van der Waals surface area contributed by atoms with Crippen LogP contribution in [0.2, 0.25) is 0 Å². The molecule has 0 aromatic heterocycles. The third-order valence-electron chi connectivity index (χ3n) is 4.74. The lowest BCUT2D eigenvalue weighted by molar-refractivity contribution is 0.313. The molecule has 3 aromatic carbocycles. The molecule has 0 aliphatic rings. The van der Waals surface area contributed by atoms with Crippen molar-refractivity contribution < 1.29 is 19.3 Å². The van der Waals surface area contributed by atoms with Gasteiger partial charge in [0.05, 0.1) is 27.4 Å². The molecule has 1 unspecified atom stereocenters. The van der Waals surface area contributed by atoms with Gasteiger partial charge >= 0.3 is 0 Å². The first-order chi connectivity index (χ1) is 13.0. The van der Waals surface area contributed by atoms with Gasteiger partial charge in [0.2, 0.25) is 5.75 Å². The molecule has 0 bridgehead atoms. The van der Waals surface area contributed by atoms with Gasteiger partial charge < -0.3 is 19.3 Å². The number of hydrogen-bond donors (Lipinski definition) is 1. The van der Waals surface area contributed by atoms with Gasteiger partial charge in [0.1, 0.15) is 5.75 Å². The SMILES string of the molecule is COc1cc(C(c2c(O)ccc3ccccc23)N(C)C)cc(OC)c1OC. The van der Waals surface area contributed by atoms with Crippen LogP contribution in [-0.2, 0) is 0 Å². The highest BCUT2D eigenvalue weighted by Gasteiger charge is 2.25. The molecule has 0 spiro atoms. The summed E-state index contributed by atoms with van der Waals surface area (Å²) in [6.07, 6.45) is 0. The summed E-state index contributed by atoms with van der Waals surface area (Å²) in [4.78, 5) is 2.06. The third kappa shape index (κ3) is 3.38. The van der Waals surface area contributed by atoms with Crippen molar-refractivity contribution in [2.45, 2.75) is 6.04 Å². The summed E-state index contributed by atoms with van der Waals surface area (Å²) in [5, 5.41) is 12.8. The van der Waals surface area contributed by atoms with Gasteiger partial charge in [-0.1, -0.05) is 30.3 Å². The molecule has 0 saturated carbocycles. The van der Waals surface area contributed by atoms with E-state index in [1.54, 1.807) is 27.4 Å². The van der Waals surface area contributed by atoms with Crippen LogP contribution in [-0.4, -0.2) is 45.4 Å². The van der Waals surface area contributed by atoms with Gasteiger partial charge in [0, 0.05) is 5.56 Å². The fourth-order valence-electron chi connectivity index (χ4n) is 3.55. The van der Waals surface area contributed by atoms with Gasteiger partial charge in [-0.2, -0.15) is 0 Å². The standard InChI is InChI=1S/C22H25NO4/c1-23(2)21(15-12-18(25-3)22(27-5)19(13-15)26-4)20-16-9-7-6-8-14(16)10-11-17(20)24/h6-13,21,24H,1-5H3. The molecule has 0 radical (unpaired) electrons. The van der Waals surface area contributed by atoms with Gasteiger partial charge in [-0.15, -0.1) is 0 Å². The smallest absolute Gasteiger partial charge is 0.203 e. The fraction of sp³-hybridized carbons (Fsp3) is 0.273. The van der Waals surface area contributed by atoms with Crippen molar-refractivity contribution in [2.24, 2.45) is 0 Å². The van der Waals surface area contributed by atoms with Crippen molar-refractivity contribution in [2.75, 3.05) is 35.4 Å². The minimum atomic E-state index is -0.204. The number of fused-ring (bicyclic) bond motifs is 1. The van der Waals surface area contributed by atoms with Crippen LogP contribution in [0.25, 0.3) is 10.8 Å². The van der Waals surface area contributed by atoms with E-state index in [0.717, 1.165) is 21.9 Å².